The van der Waals surface area contributed by atoms with Gasteiger partial charge in [-0.1, -0.05) is 0 Å². The summed E-state index contributed by atoms with van der Waals surface area (Å²) in [7, 11) is 2.13. The van der Waals surface area contributed by atoms with Crippen molar-refractivity contribution in [1.29, 1.82) is 0 Å². The Balaban J connectivity index is 1.66. The van der Waals surface area contributed by atoms with Crippen molar-refractivity contribution in [2.45, 2.75) is 31.8 Å². The molecule has 0 radical (unpaired) electrons. The lowest BCUT2D eigenvalue weighted by Gasteiger charge is -2.32. The van der Waals surface area contributed by atoms with E-state index in [1.165, 1.54) is 0 Å². The summed E-state index contributed by atoms with van der Waals surface area (Å²) in [6.07, 6.45) is 5.35. The van der Waals surface area contributed by atoms with Gasteiger partial charge in [0.25, 0.3) is 0 Å². The van der Waals surface area contributed by atoms with Gasteiger partial charge in [0.1, 0.15) is 6.04 Å². The van der Waals surface area contributed by atoms with Gasteiger partial charge in [-0.15, -0.1) is 0 Å². The number of aromatic nitrogens is 4. The predicted molar refractivity (Wildman–Crippen MR) is 132 cm³/mol. The second kappa shape index (κ2) is 13.6. The van der Waals surface area contributed by atoms with E-state index in [1.807, 2.05) is 12.1 Å². The molecule has 0 amide bonds. The maximum absolute atomic E-state index is 11.7. The SMILES string of the molecule is CN1CCN(CCNc2nc(NCc3ccncc3)nc(N[C@@H](CCCCN)C(=O)O)n2)CC1. The van der Waals surface area contributed by atoms with Crippen molar-refractivity contribution < 1.29 is 9.90 Å². The highest BCUT2D eigenvalue weighted by molar-refractivity contribution is 5.76. The van der Waals surface area contributed by atoms with E-state index in [0.717, 1.165) is 44.7 Å². The zero-order chi connectivity index (χ0) is 24.2. The number of nitrogens with two attached hydrogens (primary N) is 1. The van der Waals surface area contributed by atoms with Crippen molar-refractivity contribution >= 4 is 23.8 Å². The molecule has 2 aromatic rings. The second-order valence-electron chi connectivity index (χ2n) is 8.41. The van der Waals surface area contributed by atoms with Crippen molar-refractivity contribution in [3.8, 4) is 0 Å². The molecule has 0 unspecified atom stereocenters. The Morgan fingerprint density at radius 2 is 1.74 bits per heavy atom. The Morgan fingerprint density at radius 1 is 1.06 bits per heavy atom. The lowest BCUT2D eigenvalue weighted by atomic mass is 10.1. The first-order valence-corrected chi connectivity index (χ1v) is 11.8. The predicted octanol–water partition coefficient (Wildman–Crippen LogP) is 0.532. The smallest absolute Gasteiger partial charge is 0.326 e. The van der Waals surface area contributed by atoms with Gasteiger partial charge < -0.3 is 31.7 Å². The molecular weight excluding hydrogens is 436 g/mol. The molecule has 0 aliphatic carbocycles. The van der Waals surface area contributed by atoms with Gasteiger partial charge >= 0.3 is 5.97 Å². The monoisotopic (exact) mass is 472 g/mol. The summed E-state index contributed by atoms with van der Waals surface area (Å²) in [6, 6.07) is 3.00. The molecule has 1 atom stereocenters. The third kappa shape index (κ3) is 8.69. The molecule has 3 rings (SSSR count). The molecule has 12 nitrogen and oxygen atoms in total. The number of carboxylic acid groups (broad SMARTS) is 1. The first-order chi connectivity index (χ1) is 16.5. The van der Waals surface area contributed by atoms with E-state index in [-0.39, 0.29) is 5.95 Å². The van der Waals surface area contributed by atoms with Crippen LogP contribution in [-0.2, 0) is 11.3 Å². The zero-order valence-corrected chi connectivity index (χ0v) is 19.8. The Kier molecular flexibility index (Phi) is 10.2. The molecule has 1 aliphatic heterocycles. The van der Waals surface area contributed by atoms with Crippen LogP contribution in [0.1, 0.15) is 24.8 Å². The molecule has 3 heterocycles. The lowest BCUT2D eigenvalue weighted by Crippen LogP contribution is -2.45. The summed E-state index contributed by atoms with van der Waals surface area (Å²) in [5.74, 6) is 0.0280. The fourth-order valence-corrected chi connectivity index (χ4v) is 3.58. The summed E-state index contributed by atoms with van der Waals surface area (Å²) in [5.41, 5.74) is 6.57. The number of pyridine rings is 1. The zero-order valence-electron chi connectivity index (χ0n) is 19.8. The van der Waals surface area contributed by atoms with E-state index in [9.17, 15) is 9.90 Å². The number of nitrogens with one attached hydrogen (secondary N) is 3. The number of aliphatic carboxylic acids is 1. The van der Waals surface area contributed by atoms with Gasteiger partial charge in [-0.05, 0) is 50.6 Å². The minimum Gasteiger partial charge on any atom is -0.480 e. The molecule has 2 aromatic heterocycles. The van der Waals surface area contributed by atoms with Gasteiger partial charge in [0.2, 0.25) is 17.8 Å². The summed E-state index contributed by atoms with van der Waals surface area (Å²) in [4.78, 5) is 33.8. The largest absolute Gasteiger partial charge is 0.480 e. The molecule has 1 aliphatic rings. The van der Waals surface area contributed by atoms with Crippen LogP contribution in [0.3, 0.4) is 0 Å². The van der Waals surface area contributed by atoms with Crippen LogP contribution in [0.15, 0.2) is 24.5 Å². The first-order valence-electron chi connectivity index (χ1n) is 11.8. The first kappa shape index (κ1) is 25.5. The number of carbonyl (C=O) groups is 1. The normalized spacial score (nSPS) is 15.6. The fourth-order valence-electron chi connectivity index (χ4n) is 3.58. The van der Waals surface area contributed by atoms with Crippen molar-refractivity contribution in [3.63, 3.8) is 0 Å². The van der Waals surface area contributed by atoms with Crippen molar-refractivity contribution in [2.24, 2.45) is 5.73 Å². The third-order valence-corrected chi connectivity index (χ3v) is 5.69. The van der Waals surface area contributed by atoms with Gasteiger partial charge in [-0.3, -0.25) is 9.88 Å². The highest BCUT2D eigenvalue weighted by Crippen LogP contribution is 2.14. The van der Waals surface area contributed by atoms with E-state index in [2.05, 4.69) is 52.7 Å². The molecule has 0 spiro atoms. The van der Waals surface area contributed by atoms with Gasteiger partial charge in [-0.2, -0.15) is 15.0 Å². The third-order valence-electron chi connectivity index (χ3n) is 5.69. The van der Waals surface area contributed by atoms with E-state index < -0.39 is 12.0 Å². The van der Waals surface area contributed by atoms with E-state index in [4.69, 9.17) is 5.73 Å². The van der Waals surface area contributed by atoms with Crippen LogP contribution in [-0.4, -0.2) is 99.7 Å². The number of piperazine rings is 1. The number of unbranched alkanes of at least 4 members (excludes halogenated alkanes) is 1. The van der Waals surface area contributed by atoms with Crippen LogP contribution in [0.2, 0.25) is 0 Å². The molecule has 6 N–H and O–H groups in total. The van der Waals surface area contributed by atoms with Crippen LogP contribution < -0.4 is 21.7 Å². The highest BCUT2D eigenvalue weighted by Gasteiger charge is 2.19. The Labute approximate surface area is 200 Å². The maximum Gasteiger partial charge on any atom is 0.326 e. The average molecular weight is 473 g/mol. The van der Waals surface area contributed by atoms with E-state index in [0.29, 0.717) is 44.4 Å². The van der Waals surface area contributed by atoms with Crippen molar-refractivity contribution in [3.05, 3.63) is 30.1 Å². The molecule has 0 aromatic carbocycles. The number of carboxylic acids is 1. The molecular formula is C22H36N10O2. The number of likely N-dealkylation sites (N-methyl/N-ethyl adjacent to an activating group) is 1. The highest BCUT2D eigenvalue weighted by atomic mass is 16.4. The van der Waals surface area contributed by atoms with Crippen LogP contribution in [0.25, 0.3) is 0 Å². The minimum atomic E-state index is -0.951. The second-order valence-corrected chi connectivity index (χ2v) is 8.41. The number of hydrogen-bond acceptors (Lipinski definition) is 11. The molecule has 34 heavy (non-hydrogen) atoms. The van der Waals surface area contributed by atoms with Crippen molar-refractivity contribution in [1.82, 2.24) is 29.7 Å². The summed E-state index contributed by atoms with van der Waals surface area (Å²) >= 11 is 0. The topological polar surface area (TPSA) is 157 Å². The standard InChI is InChI=1S/C22H36N10O2/c1-31-12-14-32(15-13-31)11-10-25-20-28-21(26-16-17-5-8-24-9-6-17)30-22(29-20)27-18(19(33)34)4-2-3-7-23/h5-6,8-9,18H,2-4,7,10-16,23H2,1H3,(H,33,34)(H3,25,26,27,28,29,30)/t18-/m0/s1. The summed E-state index contributed by atoms with van der Waals surface area (Å²) < 4.78 is 0. The lowest BCUT2D eigenvalue weighted by molar-refractivity contribution is -0.138. The van der Waals surface area contributed by atoms with E-state index >= 15 is 0 Å². The number of nitrogens with zero attached hydrogens (tertiary/aromatic N) is 6. The number of hydrogen-bond donors (Lipinski definition) is 5. The molecule has 0 bridgehead atoms. The maximum atomic E-state index is 11.7. The number of anilines is 3. The Morgan fingerprint density at radius 3 is 2.41 bits per heavy atom. The quantitative estimate of drug-likeness (QED) is 0.243. The molecule has 12 heteroatoms. The summed E-state index contributed by atoms with van der Waals surface area (Å²) in [6.45, 7) is 6.77. The van der Waals surface area contributed by atoms with Crippen LogP contribution in [0.5, 0.6) is 0 Å². The fraction of sp³-hybridized carbons (Fsp3) is 0.591. The Hall–Kier alpha value is -3.09. The van der Waals surface area contributed by atoms with Gasteiger partial charge in [0.05, 0.1) is 0 Å². The van der Waals surface area contributed by atoms with E-state index in [1.54, 1.807) is 12.4 Å². The van der Waals surface area contributed by atoms with Crippen molar-refractivity contribution in [2.75, 3.05) is 68.8 Å². The molecule has 0 saturated carbocycles. The van der Waals surface area contributed by atoms with Gasteiger partial charge in [0.15, 0.2) is 0 Å². The molecule has 186 valence electrons. The Bertz CT molecular complexity index is 877. The van der Waals surface area contributed by atoms with Crippen LogP contribution >= 0.6 is 0 Å². The summed E-state index contributed by atoms with van der Waals surface area (Å²) in [5, 5.41) is 19.0. The van der Waals surface area contributed by atoms with Gasteiger partial charge in [0, 0.05) is 58.2 Å². The van der Waals surface area contributed by atoms with Gasteiger partial charge in [-0.25, -0.2) is 4.79 Å². The molecule has 1 fully saturated rings. The average Bonchev–Trinajstić information content (AvgIpc) is 2.84. The minimum absolute atomic E-state index is 0.217. The van der Waals surface area contributed by atoms with Crippen LogP contribution in [0, 0.1) is 0 Å². The molecule has 1 saturated heterocycles. The number of rotatable bonds is 14. The van der Waals surface area contributed by atoms with Crippen LogP contribution in [0.4, 0.5) is 17.8 Å².